The van der Waals surface area contributed by atoms with Crippen LogP contribution in [0.2, 0.25) is 0 Å². The van der Waals surface area contributed by atoms with Crippen LogP contribution in [0.3, 0.4) is 0 Å². The minimum atomic E-state index is -4.80. The van der Waals surface area contributed by atoms with Gasteiger partial charge in [-0.15, -0.1) is 0 Å². The Morgan fingerprint density at radius 3 is 1.62 bits per heavy atom. The molecule has 0 fully saturated rings. The van der Waals surface area contributed by atoms with Gasteiger partial charge < -0.3 is 4.74 Å². The molecule has 0 aliphatic rings. The zero-order valence-electron chi connectivity index (χ0n) is 25.2. The van der Waals surface area contributed by atoms with Crippen LogP contribution >= 0.6 is 0 Å². The minimum absolute atomic E-state index is 0.272. The van der Waals surface area contributed by atoms with Crippen LogP contribution in [-0.4, -0.2) is 0 Å². The zero-order chi connectivity index (χ0) is 34.8. The van der Waals surface area contributed by atoms with Gasteiger partial charge >= 0.3 is 12.3 Å². The highest BCUT2D eigenvalue weighted by molar-refractivity contribution is 5.72. The molecule has 11 heteroatoms. The normalized spacial score (nSPS) is 12.0. The van der Waals surface area contributed by atoms with E-state index in [-0.39, 0.29) is 11.1 Å². The third kappa shape index (κ3) is 7.50. The summed E-state index contributed by atoms with van der Waals surface area (Å²) in [5.41, 5.74) is -2.50. The Hall–Kier alpha value is -4.80. The number of unbranched alkanes of at least 4 members (excludes halogenated alkanes) is 2. The molecule has 0 radical (unpaired) electrons. The van der Waals surface area contributed by atoms with Crippen molar-refractivity contribution < 1.29 is 48.6 Å². The summed E-state index contributed by atoms with van der Waals surface area (Å²) in [5, 5.41) is 0. The number of hydrogen-bond acceptors (Lipinski definition) is 1. The molecule has 250 valence electrons. The summed E-state index contributed by atoms with van der Waals surface area (Å²) < 4.78 is 148. The van der Waals surface area contributed by atoms with Crippen LogP contribution in [0, 0.1) is 29.1 Å². The zero-order valence-corrected chi connectivity index (χ0v) is 25.2. The van der Waals surface area contributed by atoms with E-state index in [4.69, 9.17) is 0 Å². The van der Waals surface area contributed by atoms with Crippen molar-refractivity contribution in [2.75, 3.05) is 0 Å². The molecule has 0 N–H and O–H groups in total. The first kappa shape index (κ1) is 34.5. The van der Waals surface area contributed by atoms with E-state index in [1.807, 2.05) is 24.3 Å². The van der Waals surface area contributed by atoms with Gasteiger partial charge in [0.05, 0.1) is 11.1 Å². The van der Waals surface area contributed by atoms with Crippen molar-refractivity contribution in [1.82, 2.24) is 0 Å². The van der Waals surface area contributed by atoms with Crippen molar-refractivity contribution in [1.29, 1.82) is 0 Å². The molecule has 0 atom stereocenters. The van der Waals surface area contributed by atoms with E-state index in [1.54, 1.807) is 0 Å². The quantitative estimate of drug-likeness (QED) is 0.106. The average Bonchev–Trinajstić information content (AvgIpc) is 3.00. The Kier molecular flexibility index (Phi) is 9.89. The second kappa shape index (κ2) is 13.7. The summed E-state index contributed by atoms with van der Waals surface area (Å²) in [6.07, 6.45) is -5.36. The predicted molar refractivity (Wildman–Crippen MR) is 162 cm³/mol. The maximum absolute atomic E-state index is 15.2. The molecule has 0 unspecified atom stereocenters. The molecule has 0 spiro atoms. The molecule has 0 bridgehead atoms. The largest absolute Gasteiger partial charge is 0.432 e. The SMILES string of the molecule is CCCCCc1ccc(-c2ccc(-c3cc(F)c(C(F)(F)Oc4cc(F)c(-c5ccc(C(F)(F)F)cc5)c(F)c4)c(F)c3)c(F)c2)cc1. The predicted octanol–water partition coefficient (Wildman–Crippen LogP) is 12.3. The maximum Gasteiger partial charge on any atom is 0.432 e. The molecule has 0 aliphatic carbocycles. The smallest absolute Gasteiger partial charge is 0.429 e. The van der Waals surface area contributed by atoms with Gasteiger partial charge in [0.25, 0.3) is 0 Å². The van der Waals surface area contributed by atoms with Crippen LogP contribution in [0.5, 0.6) is 5.75 Å². The van der Waals surface area contributed by atoms with E-state index < -0.39 is 69.4 Å². The van der Waals surface area contributed by atoms with Gasteiger partial charge in [-0.05, 0) is 71.0 Å². The molecule has 0 saturated carbocycles. The van der Waals surface area contributed by atoms with Crippen LogP contribution in [0.15, 0.2) is 91.0 Å². The Labute approximate surface area is 269 Å². The summed E-state index contributed by atoms with van der Waals surface area (Å²) in [6.45, 7) is 2.11. The molecular formula is C37H26F10O. The first-order valence-electron chi connectivity index (χ1n) is 14.8. The molecule has 0 saturated heterocycles. The van der Waals surface area contributed by atoms with E-state index in [9.17, 15) is 22.0 Å². The van der Waals surface area contributed by atoms with Crippen LogP contribution in [0.25, 0.3) is 33.4 Å². The van der Waals surface area contributed by atoms with Crippen molar-refractivity contribution in [2.24, 2.45) is 0 Å². The van der Waals surface area contributed by atoms with Gasteiger partial charge in [-0.3, -0.25) is 0 Å². The van der Waals surface area contributed by atoms with Crippen LogP contribution in [0.1, 0.15) is 42.9 Å². The second-order valence-corrected chi connectivity index (χ2v) is 11.1. The molecule has 5 aromatic rings. The summed E-state index contributed by atoms with van der Waals surface area (Å²) in [6, 6.07) is 15.7. The van der Waals surface area contributed by atoms with Crippen LogP contribution in [0.4, 0.5) is 43.9 Å². The lowest BCUT2D eigenvalue weighted by Gasteiger charge is -2.20. The number of alkyl halides is 5. The van der Waals surface area contributed by atoms with Crippen molar-refractivity contribution in [3.63, 3.8) is 0 Å². The van der Waals surface area contributed by atoms with Crippen molar-refractivity contribution >= 4 is 0 Å². The molecule has 5 rings (SSSR count). The Morgan fingerprint density at radius 2 is 1.08 bits per heavy atom. The Morgan fingerprint density at radius 1 is 0.542 bits per heavy atom. The van der Waals surface area contributed by atoms with Crippen LogP contribution in [-0.2, 0) is 18.7 Å². The molecule has 0 heterocycles. The highest BCUT2D eigenvalue weighted by atomic mass is 19.4. The Bertz CT molecular complexity index is 1870. The summed E-state index contributed by atoms with van der Waals surface area (Å²) in [7, 11) is 0. The van der Waals surface area contributed by atoms with Gasteiger partial charge in [0.1, 0.15) is 40.4 Å². The third-order valence-corrected chi connectivity index (χ3v) is 7.73. The first-order chi connectivity index (χ1) is 22.7. The number of aryl methyl sites for hydroxylation is 1. The molecule has 0 amide bonds. The van der Waals surface area contributed by atoms with Crippen molar-refractivity contribution in [3.8, 4) is 39.1 Å². The van der Waals surface area contributed by atoms with Crippen molar-refractivity contribution in [2.45, 2.75) is 44.9 Å². The number of hydrogen-bond donors (Lipinski definition) is 0. The topological polar surface area (TPSA) is 9.23 Å². The van der Waals surface area contributed by atoms with Gasteiger partial charge in [-0.1, -0.05) is 68.3 Å². The van der Waals surface area contributed by atoms with E-state index in [2.05, 4.69) is 11.7 Å². The molecule has 0 aliphatic heterocycles. The highest BCUT2D eigenvalue weighted by Gasteiger charge is 2.42. The second-order valence-electron chi connectivity index (χ2n) is 11.1. The standard InChI is InChI=1S/C37H26F10O/c1-2-3-4-5-21-6-8-22(9-7-21)24-12-15-28(29(38)16-24)25-17-32(41)35(33(42)18-25)37(46,47)48-27-19-30(39)34(31(40)20-27)23-10-13-26(14-11-23)36(43,44)45/h6-20H,2-5H2,1H3. The molecule has 1 nitrogen and oxygen atoms in total. The molecule has 0 aromatic heterocycles. The van der Waals surface area contributed by atoms with E-state index in [0.29, 0.717) is 47.5 Å². The first-order valence-corrected chi connectivity index (χ1v) is 14.8. The fraction of sp³-hybridized carbons (Fsp3) is 0.189. The minimum Gasteiger partial charge on any atom is -0.429 e. The summed E-state index contributed by atoms with van der Waals surface area (Å²) in [5.74, 6) is -8.64. The lowest BCUT2D eigenvalue weighted by molar-refractivity contribution is -0.189. The highest BCUT2D eigenvalue weighted by Crippen LogP contribution is 2.40. The molecular weight excluding hydrogens is 650 g/mol. The number of benzene rings is 5. The van der Waals surface area contributed by atoms with E-state index in [0.717, 1.165) is 49.4 Å². The van der Waals surface area contributed by atoms with Crippen LogP contribution < -0.4 is 4.74 Å². The number of rotatable bonds is 10. The number of ether oxygens (including phenoxy) is 1. The van der Waals surface area contributed by atoms with Gasteiger partial charge in [0.15, 0.2) is 0 Å². The van der Waals surface area contributed by atoms with E-state index >= 15 is 22.0 Å². The Balaban J connectivity index is 1.36. The fourth-order valence-electron chi connectivity index (χ4n) is 5.29. The molecule has 5 aromatic carbocycles. The van der Waals surface area contributed by atoms with Gasteiger partial charge in [0.2, 0.25) is 0 Å². The summed E-state index contributed by atoms with van der Waals surface area (Å²) >= 11 is 0. The number of halogens is 10. The van der Waals surface area contributed by atoms with Gasteiger partial charge in [-0.25, -0.2) is 22.0 Å². The maximum atomic E-state index is 15.2. The van der Waals surface area contributed by atoms with Gasteiger partial charge in [0, 0.05) is 17.7 Å². The van der Waals surface area contributed by atoms with E-state index in [1.165, 1.54) is 12.1 Å². The fourth-order valence-corrected chi connectivity index (χ4v) is 5.29. The lowest BCUT2D eigenvalue weighted by Crippen LogP contribution is -2.25. The van der Waals surface area contributed by atoms with Gasteiger partial charge in [-0.2, -0.15) is 22.0 Å². The van der Waals surface area contributed by atoms with Crippen molar-refractivity contribution in [3.05, 3.63) is 137 Å². The molecule has 48 heavy (non-hydrogen) atoms. The summed E-state index contributed by atoms with van der Waals surface area (Å²) in [4.78, 5) is 0. The third-order valence-electron chi connectivity index (χ3n) is 7.73. The average molecular weight is 677 g/mol. The monoisotopic (exact) mass is 676 g/mol. The lowest BCUT2D eigenvalue weighted by atomic mass is 9.97.